The number of anilines is 1. The summed E-state index contributed by atoms with van der Waals surface area (Å²) < 4.78 is 1.86. The maximum absolute atomic E-state index is 11.5. The molecule has 0 unspecified atom stereocenters. The molecule has 182 valence electrons. The minimum absolute atomic E-state index is 0.258. The Morgan fingerprint density at radius 2 is 2.06 bits per heavy atom. The molecule has 0 spiro atoms. The SMILES string of the molecule is Cc1c(-c2[nH]c3ccc(N4CCN(CC(N)=O)C[C@H]5C[C@H]54)nc3c2C(C)C)cn2ncnc2c1C. The minimum Gasteiger partial charge on any atom is -0.369 e. The number of nitrogens with zero attached hydrogens (tertiary/aromatic N) is 6. The number of hydrogen-bond donors (Lipinski definition) is 2. The molecule has 1 saturated heterocycles. The number of carbonyl (C=O) groups is 1. The lowest BCUT2D eigenvalue weighted by Crippen LogP contribution is -2.38. The largest absolute Gasteiger partial charge is 0.369 e. The summed E-state index contributed by atoms with van der Waals surface area (Å²) in [4.78, 5) is 29.4. The van der Waals surface area contributed by atoms with E-state index >= 15 is 0 Å². The van der Waals surface area contributed by atoms with E-state index in [1.54, 1.807) is 6.33 Å². The second-order valence-corrected chi connectivity index (χ2v) is 10.4. The highest BCUT2D eigenvalue weighted by Crippen LogP contribution is 2.42. The predicted octanol–water partition coefficient (Wildman–Crippen LogP) is 3.01. The van der Waals surface area contributed by atoms with Crippen molar-refractivity contribution in [2.45, 2.75) is 46.1 Å². The van der Waals surface area contributed by atoms with Crippen LogP contribution in [-0.4, -0.2) is 67.6 Å². The second-order valence-electron chi connectivity index (χ2n) is 10.4. The van der Waals surface area contributed by atoms with Gasteiger partial charge in [-0.2, -0.15) is 5.10 Å². The number of aromatic nitrogens is 5. The van der Waals surface area contributed by atoms with Crippen molar-refractivity contribution in [3.05, 3.63) is 41.3 Å². The number of H-pyrrole nitrogens is 1. The third kappa shape index (κ3) is 3.65. The van der Waals surface area contributed by atoms with Crippen LogP contribution in [0.4, 0.5) is 5.82 Å². The first-order valence-electron chi connectivity index (χ1n) is 12.4. The Bertz CT molecular complexity index is 1450. The molecule has 0 radical (unpaired) electrons. The molecule has 1 amide bonds. The monoisotopic (exact) mass is 472 g/mol. The summed E-state index contributed by atoms with van der Waals surface area (Å²) in [5.74, 6) is 1.61. The molecule has 9 nitrogen and oxygen atoms in total. The first kappa shape index (κ1) is 22.0. The molecule has 0 bridgehead atoms. The number of aryl methyl sites for hydroxylation is 1. The van der Waals surface area contributed by atoms with Crippen molar-refractivity contribution in [3.63, 3.8) is 0 Å². The van der Waals surface area contributed by atoms with E-state index in [-0.39, 0.29) is 11.8 Å². The Balaban J connectivity index is 1.42. The number of nitrogens with two attached hydrogens (primary N) is 1. The van der Waals surface area contributed by atoms with Crippen LogP contribution in [-0.2, 0) is 4.79 Å². The van der Waals surface area contributed by atoms with E-state index in [9.17, 15) is 4.79 Å². The summed E-state index contributed by atoms with van der Waals surface area (Å²) in [7, 11) is 0. The number of fused-ring (bicyclic) bond motifs is 3. The lowest BCUT2D eigenvalue weighted by atomic mass is 9.95. The van der Waals surface area contributed by atoms with Gasteiger partial charge >= 0.3 is 0 Å². The van der Waals surface area contributed by atoms with Gasteiger partial charge in [-0.05, 0) is 55.4 Å². The average molecular weight is 473 g/mol. The molecule has 35 heavy (non-hydrogen) atoms. The Morgan fingerprint density at radius 3 is 2.83 bits per heavy atom. The van der Waals surface area contributed by atoms with Gasteiger partial charge in [0.25, 0.3) is 0 Å². The standard InChI is InChI=1S/C26H32N8O/c1-14(2)23-24(18-11-34-26(28-13-29-34)16(4)15(18)3)30-19-5-6-22(31-25(19)23)33-8-7-32(12-21(27)35)10-17-9-20(17)33/h5-6,11,13-14,17,20,30H,7-10,12H2,1-4H3,(H2,27,35)/t17-,20-/m1/s1. The molecule has 2 fully saturated rings. The molecule has 0 aromatic carbocycles. The van der Waals surface area contributed by atoms with Crippen LogP contribution in [0.2, 0.25) is 0 Å². The molecule has 2 atom stereocenters. The van der Waals surface area contributed by atoms with Gasteiger partial charge in [-0.1, -0.05) is 13.8 Å². The summed E-state index contributed by atoms with van der Waals surface area (Å²) in [5.41, 5.74) is 14.2. The van der Waals surface area contributed by atoms with Crippen molar-refractivity contribution in [3.8, 4) is 11.3 Å². The fourth-order valence-corrected chi connectivity index (χ4v) is 5.76. The van der Waals surface area contributed by atoms with E-state index in [0.29, 0.717) is 18.5 Å². The van der Waals surface area contributed by atoms with Gasteiger partial charge in [-0.25, -0.2) is 14.5 Å². The van der Waals surface area contributed by atoms with Crippen molar-refractivity contribution in [2.75, 3.05) is 31.1 Å². The summed E-state index contributed by atoms with van der Waals surface area (Å²) in [6.07, 6.45) is 4.81. The van der Waals surface area contributed by atoms with Gasteiger partial charge in [0.05, 0.1) is 23.3 Å². The van der Waals surface area contributed by atoms with Crippen LogP contribution >= 0.6 is 0 Å². The molecule has 1 aliphatic carbocycles. The fourth-order valence-electron chi connectivity index (χ4n) is 5.76. The van der Waals surface area contributed by atoms with Crippen LogP contribution in [0, 0.1) is 19.8 Å². The molecule has 3 N–H and O–H groups in total. The zero-order chi connectivity index (χ0) is 24.4. The van der Waals surface area contributed by atoms with Crippen LogP contribution in [0.1, 0.15) is 42.9 Å². The zero-order valence-electron chi connectivity index (χ0n) is 20.7. The normalized spacial score (nSPS) is 20.5. The molecule has 9 heteroatoms. The Morgan fingerprint density at radius 1 is 1.23 bits per heavy atom. The van der Waals surface area contributed by atoms with Crippen LogP contribution < -0.4 is 10.6 Å². The van der Waals surface area contributed by atoms with E-state index in [1.165, 1.54) is 11.1 Å². The zero-order valence-corrected chi connectivity index (χ0v) is 20.7. The van der Waals surface area contributed by atoms with E-state index in [2.05, 4.69) is 70.9 Å². The smallest absolute Gasteiger partial charge is 0.231 e. The summed E-state index contributed by atoms with van der Waals surface area (Å²) in [5, 5.41) is 4.39. The Kier molecular flexibility index (Phi) is 5.07. The molecule has 1 aliphatic heterocycles. The third-order valence-electron chi connectivity index (χ3n) is 7.75. The maximum Gasteiger partial charge on any atom is 0.231 e. The van der Waals surface area contributed by atoms with E-state index in [0.717, 1.165) is 65.4 Å². The molecular weight excluding hydrogens is 440 g/mol. The number of amides is 1. The van der Waals surface area contributed by atoms with Gasteiger partial charge in [0.2, 0.25) is 5.91 Å². The summed E-state index contributed by atoms with van der Waals surface area (Å²) >= 11 is 0. The van der Waals surface area contributed by atoms with Crippen molar-refractivity contribution < 1.29 is 4.79 Å². The quantitative estimate of drug-likeness (QED) is 0.462. The van der Waals surface area contributed by atoms with Gasteiger partial charge < -0.3 is 15.6 Å². The minimum atomic E-state index is -0.258. The number of pyridine rings is 2. The van der Waals surface area contributed by atoms with Gasteiger partial charge in [0, 0.05) is 43.0 Å². The summed E-state index contributed by atoms with van der Waals surface area (Å²) in [6.45, 7) is 11.6. The number of hydrogen-bond acceptors (Lipinski definition) is 6. The van der Waals surface area contributed by atoms with Gasteiger partial charge in [-0.15, -0.1) is 0 Å². The van der Waals surface area contributed by atoms with E-state index < -0.39 is 0 Å². The molecule has 4 aromatic rings. The molecule has 2 aliphatic rings. The van der Waals surface area contributed by atoms with E-state index in [1.807, 2.05) is 4.52 Å². The predicted molar refractivity (Wildman–Crippen MR) is 137 cm³/mol. The molecule has 1 saturated carbocycles. The first-order chi connectivity index (χ1) is 16.8. The third-order valence-corrected chi connectivity index (χ3v) is 7.75. The van der Waals surface area contributed by atoms with Crippen LogP contribution in [0.5, 0.6) is 0 Å². The first-order valence-corrected chi connectivity index (χ1v) is 12.4. The molecule has 5 heterocycles. The highest BCUT2D eigenvalue weighted by atomic mass is 16.1. The molecule has 4 aromatic heterocycles. The summed E-state index contributed by atoms with van der Waals surface area (Å²) in [6, 6.07) is 4.77. The van der Waals surface area contributed by atoms with Crippen molar-refractivity contribution >= 4 is 28.4 Å². The highest BCUT2D eigenvalue weighted by Gasteiger charge is 2.45. The number of rotatable bonds is 5. The van der Waals surface area contributed by atoms with Crippen molar-refractivity contribution in [1.29, 1.82) is 0 Å². The maximum atomic E-state index is 11.5. The number of nitrogens with one attached hydrogen (secondary N) is 1. The lowest BCUT2D eigenvalue weighted by molar-refractivity contribution is -0.119. The number of carbonyl (C=O) groups excluding carboxylic acids is 1. The van der Waals surface area contributed by atoms with Crippen molar-refractivity contribution in [1.82, 2.24) is 29.5 Å². The lowest BCUT2D eigenvalue weighted by Gasteiger charge is -2.24. The van der Waals surface area contributed by atoms with Crippen LogP contribution in [0.3, 0.4) is 0 Å². The fraction of sp³-hybridized carbons (Fsp3) is 0.462. The number of aromatic amines is 1. The Hall–Kier alpha value is -3.46. The van der Waals surface area contributed by atoms with Gasteiger partial charge in [0.1, 0.15) is 12.1 Å². The van der Waals surface area contributed by atoms with Crippen LogP contribution in [0.25, 0.3) is 27.9 Å². The highest BCUT2D eigenvalue weighted by molar-refractivity contribution is 5.90. The number of primary amides is 1. The van der Waals surface area contributed by atoms with Gasteiger partial charge in [-0.3, -0.25) is 9.69 Å². The van der Waals surface area contributed by atoms with Crippen molar-refractivity contribution in [2.24, 2.45) is 11.7 Å². The molecular formula is C26H32N8O. The topological polar surface area (TPSA) is 108 Å². The average Bonchev–Trinajstić information content (AvgIpc) is 3.25. The molecule has 6 rings (SSSR count). The Labute approximate surface area is 204 Å². The van der Waals surface area contributed by atoms with Gasteiger partial charge in [0.15, 0.2) is 5.65 Å². The second kappa shape index (κ2) is 8.05. The van der Waals surface area contributed by atoms with E-state index in [4.69, 9.17) is 10.7 Å². The van der Waals surface area contributed by atoms with Crippen LogP contribution in [0.15, 0.2) is 24.7 Å².